The summed E-state index contributed by atoms with van der Waals surface area (Å²) in [5, 5.41) is 10.9. The first-order valence-electron chi connectivity index (χ1n) is 7.37. The molecule has 0 bridgehead atoms. The molecule has 116 valence electrons. The molecule has 0 spiro atoms. The molecule has 1 fully saturated rings. The van der Waals surface area contributed by atoms with Crippen LogP contribution in [0.25, 0.3) is 0 Å². The van der Waals surface area contributed by atoms with Crippen LogP contribution in [-0.4, -0.2) is 23.7 Å². The van der Waals surface area contributed by atoms with Crippen LogP contribution in [0.3, 0.4) is 0 Å². The van der Waals surface area contributed by atoms with E-state index in [1.54, 1.807) is 19.1 Å². The second-order valence-electron chi connectivity index (χ2n) is 5.53. The van der Waals surface area contributed by atoms with E-state index in [-0.39, 0.29) is 17.0 Å². The van der Waals surface area contributed by atoms with Crippen LogP contribution in [0.2, 0.25) is 0 Å². The SMILES string of the molecule is CCOc1cc(OCC2(N)CCCCC2)ccc1[N+](=O)[O-]. The van der Waals surface area contributed by atoms with Crippen molar-refractivity contribution >= 4 is 5.69 Å². The lowest BCUT2D eigenvalue weighted by Crippen LogP contribution is -2.47. The van der Waals surface area contributed by atoms with Crippen LogP contribution in [0, 0.1) is 10.1 Å². The molecule has 6 nitrogen and oxygen atoms in total. The van der Waals surface area contributed by atoms with Gasteiger partial charge in [0.25, 0.3) is 0 Å². The molecule has 0 atom stereocenters. The van der Waals surface area contributed by atoms with E-state index in [0.717, 1.165) is 25.7 Å². The lowest BCUT2D eigenvalue weighted by Gasteiger charge is -2.33. The van der Waals surface area contributed by atoms with Crippen molar-refractivity contribution in [3.8, 4) is 11.5 Å². The standard InChI is InChI=1S/C15H22N2O4/c1-2-20-14-10-12(6-7-13(14)17(18)19)21-11-15(16)8-4-3-5-9-15/h6-7,10H,2-5,8-9,11,16H2,1H3. The molecule has 0 radical (unpaired) electrons. The number of ether oxygens (including phenoxy) is 2. The van der Waals surface area contributed by atoms with Gasteiger partial charge in [-0.05, 0) is 25.8 Å². The third kappa shape index (κ3) is 4.07. The van der Waals surface area contributed by atoms with Gasteiger partial charge in [0.05, 0.1) is 17.1 Å². The van der Waals surface area contributed by atoms with Crippen LogP contribution in [-0.2, 0) is 0 Å². The maximum Gasteiger partial charge on any atom is 0.311 e. The van der Waals surface area contributed by atoms with Gasteiger partial charge in [-0.2, -0.15) is 0 Å². The molecule has 0 unspecified atom stereocenters. The van der Waals surface area contributed by atoms with Crippen molar-refractivity contribution in [2.24, 2.45) is 5.73 Å². The monoisotopic (exact) mass is 294 g/mol. The van der Waals surface area contributed by atoms with E-state index in [1.807, 2.05) is 0 Å². The summed E-state index contributed by atoms with van der Waals surface area (Å²) in [6.07, 6.45) is 5.40. The molecule has 0 amide bonds. The van der Waals surface area contributed by atoms with Crippen LogP contribution in [0.1, 0.15) is 39.0 Å². The third-order valence-corrected chi connectivity index (χ3v) is 3.80. The van der Waals surface area contributed by atoms with E-state index in [9.17, 15) is 10.1 Å². The lowest BCUT2D eigenvalue weighted by molar-refractivity contribution is -0.385. The second-order valence-corrected chi connectivity index (χ2v) is 5.53. The summed E-state index contributed by atoms with van der Waals surface area (Å²) in [5.74, 6) is 0.786. The summed E-state index contributed by atoms with van der Waals surface area (Å²) in [5.41, 5.74) is 5.98. The number of benzene rings is 1. The summed E-state index contributed by atoms with van der Waals surface area (Å²) in [6.45, 7) is 2.58. The third-order valence-electron chi connectivity index (χ3n) is 3.80. The van der Waals surface area contributed by atoms with E-state index in [1.165, 1.54) is 12.5 Å². The second kappa shape index (κ2) is 6.76. The maximum absolute atomic E-state index is 10.9. The smallest absolute Gasteiger partial charge is 0.311 e. The number of nitrogens with zero attached hydrogens (tertiary/aromatic N) is 1. The highest BCUT2D eigenvalue weighted by Gasteiger charge is 2.28. The Morgan fingerprint density at radius 2 is 2.00 bits per heavy atom. The summed E-state index contributed by atoms with van der Waals surface area (Å²) >= 11 is 0. The molecule has 1 saturated carbocycles. The fraction of sp³-hybridized carbons (Fsp3) is 0.600. The average Bonchev–Trinajstić information content (AvgIpc) is 2.46. The van der Waals surface area contributed by atoms with Crippen molar-refractivity contribution in [1.82, 2.24) is 0 Å². The predicted octanol–water partition coefficient (Wildman–Crippen LogP) is 3.03. The molecular formula is C15H22N2O4. The summed E-state index contributed by atoms with van der Waals surface area (Å²) in [6, 6.07) is 4.56. The predicted molar refractivity (Wildman–Crippen MR) is 79.8 cm³/mol. The first-order valence-corrected chi connectivity index (χ1v) is 7.37. The molecule has 21 heavy (non-hydrogen) atoms. The van der Waals surface area contributed by atoms with E-state index in [0.29, 0.717) is 19.0 Å². The number of rotatable bonds is 6. The van der Waals surface area contributed by atoms with E-state index in [2.05, 4.69) is 0 Å². The van der Waals surface area contributed by atoms with E-state index >= 15 is 0 Å². The van der Waals surface area contributed by atoms with Gasteiger partial charge in [0.1, 0.15) is 12.4 Å². The van der Waals surface area contributed by atoms with Gasteiger partial charge in [-0.3, -0.25) is 10.1 Å². The molecule has 0 aliphatic heterocycles. The zero-order valence-corrected chi connectivity index (χ0v) is 12.3. The number of hydrogen-bond donors (Lipinski definition) is 1. The molecule has 0 aromatic heterocycles. The molecule has 0 saturated heterocycles. The number of nitrogens with two attached hydrogens (primary N) is 1. The normalized spacial score (nSPS) is 17.2. The van der Waals surface area contributed by atoms with Crippen molar-refractivity contribution in [3.63, 3.8) is 0 Å². The number of hydrogen-bond acceptors (Lipinski definition) is 5. The summed E-state index contributed by atoms with van der Waals surface area (Å²) in [7, 11) is 0. The van der Waals surface area contributed by atoms with Crippen LogP contribution in [0.5, 0.6) is 11.5 Å². The minimum Gasteiger partial charge on any atom is -0.492 e. The molecule has 2 rings (SSSR count). The van der Waals surface area contributed by atoms with Gasteiger partial charge >= 0.3 is 5.69 Å². The van der Waals surface area contributed by atoms with Gasteiger partial charge in [0.15, 0.2) is 0 Å². The number of nitro benzene ring substituents is 1. The van der Waals surface area contributed by atoms with Gasteiger partial charge < -0.3 is 15.2 Å². The van der Waals surface area contributed by atoms with Gasteiger partial charge in [-0.1, -0.05) is 19.3 Å². The molecule has 6 heteroatoms. The topological polar surface area (TPSA) is 87.6 Å². The molecular weight excluding hydrogens is 272 g/mol. The Morgan fingerprint density at radius 1 is 1.29 bits per heavy atom. The van der Waals surface area contributed by atoms with Gasteiger partial charge in [0.2, 0.25) is 5.75 Å². The zero-order chi connectivity index (χ0) is 15.3. The molecule has 1 aliphatic rings. The van der Waals surface area contributed by atoms with Crippen LogP contribution < -0.4 is 15.2 Å². The first kappa shape index (κ1) is 15.6. The summed E-state index contributed by atoms with van der Waals surface area (Å²) < 4.78 is 11.0. The number of nitro groups is 1. The van der Waals surface area contributed by atoms with E-state index in [4.69, 9.17) is 15.2 Å². The lowest BCUT2D eigenvalue weighted by atomic mass is 9.83. The highest BCUT2D eigenvalue weighted by Crippen LogP contribution is 2.32. The van der Waals surface area contributed by atoms with Crippen molar-refractivity contribution in [3.05, 3.63) is 28.3 Å². The highest BCUT2D eigenvalue weighted by molar-refractivity contribution is 5.50. The van der Waals surface area contributed by atoms with Crippen LogP contribution >= 0.6 is 0 Å². The Labute approximate surface area is 124 Å². The van der Waals surface area contributed by atoms with Crippen LogP contribution in [0.15, 0.2) is 18.2 Å². The highest BCUT2D eigenvalue weighted by atomic mass is 16.6. The molecule has 1 aliphatic carbocycles. The van der Waals surface area contributed by atoms with Crippen molar-refractivity contribution in [1.29, 1.82) is 0 Å². The fourth-order valence-corrected chi connectivity index (χ4v) is 2.63. The Bertz CT molecular complexity index is 498. The quantitative estimate of drug-likeness (QED) is 0.643. The molecule has 0 heterocycles. The zero-order valence-electron chi connectivity index (χ0n) is 12.3. The van der Waals surface area contributed by atoms with Gasteiger partial charge in [-0.15, -0.1) is 0 Å². The first-order chi connectivity index (χ1) is 10.0. The van der Waals surface area contributed by atoms with Gasteiger partial charge in [0, 0.05) is 12.1 Å². The Balaban J connectivity index is 2.06. The minimum atomic E-state index is -0.458. The average molecular weight is 294 g/mol. The van der Waals surface area contributed by atoms with E-state index < -0.39 is 4.92 Å². The largest absolute Gasteiger partial charge is 0.492 e. The molecule has 2 N–H and O–H groups in total. The molecule has 1 aromatic rings. The maximum atomic E-state index is 10.9. The van der Waals surface area contributed by atoms with Gasteiger partial charge in [-0.25, -0.2) is 0 Å². The minimum absolute atomic E-state index is 0.0515. The Kier molecular flexibility index (Phi) is 5.01. The Morgan fingerprint density at radius 3 is 2.62 bits per heavy atom. The Hall–Kier alpha value is -1.82. The molecule has 1 aromatic carbocycles. The summed E-state index contributed by atoms with van der Waals surface area (Å²) in [4.78, 5) is 10.5. The van der Waals surface area contributed by atoms with Crippen LogP contribution in [0.4, 0.5) is 5.69 Å². The van der Waals surface area contributed by atoms with Crippen molar-refractivity contribution in [2.75, 3.05) is 13.2 Å². The fourth-order valence-electron chi connectivity index (χ4n) is 2.63. The van der Waals surface area contributed by atoms with Crippen molar-refractivity contribution in [2.45, 2.75) is 44.6 Å². The van der Waals surface area contributed by atoms with Crippen molar-refractivity contribution < 1.29 is 14.4 Å².